The summed E-state index contributed by atoms with van der Waals surface area (Å²) in [6.07, 6.45) is 5.20. The maximum atomic E-state index is 3.80. The van der Waals surface area contributed by atoms with Gasteiger partial charge in [0.05, 0.1) is 0 Å². The van der Waals surface area contributed by atoms with Crippen molar-refractivity contribution in [2.75, 3.05) is 19.6 Å². The molecule has 0 saturated carbocycles. The van der Waals surface area contributed by atoms with Crippen molar-refractivity contribution in [2.24, 2.45) is 11.8 Å². The average Bonchev–Trinajstić information content (AvgIpc) is 2.39. The topological polar surface area (TPSA) is 15.3 Å². The summed E-state index contributed by atoms with van der Waals surface area (Å²) < 4.78 is 0. The van der Waals surface area contributed by atoms with E-state index in [1.807, 2.05) is 0 Å². The molecule has 1 aliphatic rings. The van der Waals surface area contributed by atoms with Gasteiger partial charge in [-0.15, -0.1) is 0 Å². The fourth-order valence-corrected chi connectivity index (χ4v) is 3.55. The molecule has 0 aromatic heterocycles. The maximum Gasteiger partial charge on any atom is 0.0329 e. The summed E-state index contributed by atoms with van der Waals surface area (Å²) in [5, 5.41) is 3.80. The minimum atomic E-state index is 0.396. The molecule has 1 heterocycles. The van der Waals surface area contributed by atoms with Gasteiger partial charge in [0.25, 0.3) is 0 Å². The molecule has 1 saturated heterocycles. The van der Waals surface area contributed by atoms with Crippen molar-refractivity contribution in [3.05, 3.63) is 0 Å². The lowest BCUT2D eigenvalue weighted by molar-refractivity contribution is 0.0112. The summed E-state index contributed by atoms with van der Waals surface area (Å²) in [6, 6.07) is 0.667. The molecule has 114 valence electrons. The highest BCUT2D eigenvalue weighted by Crippen LogP contribution is 2.29. The predicted molar refractivity (Wildman–Crippen MR) is 85.6 cm³/mol. The van der Waals surface area contributed by atoms with E-state index in [0.29, 0.717) is 11.6 Å². The molecule has 0 radical (unpaired) electrons. The van der Waals surface area contributed by atoms with E-state index in [2.05, 4.69) is 51.8 Å². The van der Waals surface area contributed by atoms with Gasteiger partial charge in [0.2, 0.25) is 0 Å². The van der Waals surface area contributed by atoms with Crippen LogP contribution in [0, 0.1) is 11.8 Å². The van der Waals surface area contributed by atoms with Crippen LogP contribution in [0.1, 0.15) is 67.2 Å². The Labute approximate surface area is 121 Å². The van der Waals surface area contributed by atoms with Crippen molar-refractivity contribution >= 4 is 0 Å². The zero-order valence-corrected chi connectivity index (χ0v) is 14.1. The smallest absolute Gasteiger partial charge is 0.0329 e. The summed E-state index contributed by atoms with van der Waals surface area (Å²) >= 11 is 0. The minimum Gasteiger partial charge on any atom is -0.311 e. The van der Waals surface area contributed by atoms with Crippen molar-refractivity contribution in [1.29, 1.82) is 0 Å². The van der Waals surface area contributed by atoms with Crippen LogP contribution in [-0.2, 0) is 0 Å². The Kier molecular flexibility index (Phi) is 6.82. The minimum absolute atomic E-state index is 0.396. The third kappa shape index (κ3) is 4.19. The Morgan fingerprint density at radius 2 is 1.79 bits per heavy atom. The van der Waals surface area contributed by atoms with Gasteiger partial charge in [-0.25, -0.2) is 0 Å². The highest BCUT2D eigenvalue weighted by Gasteiger charge is 2.39. The molecule has 0 aliphatic carbocycles. The summed E-state index contributed by atoms with van der Waals surface area (Å²) in [5.74, 6) is 1.56. The third-order valence-corrected chi connectivity index (χ3v) is 5.22. The molecule has 1 rings (SSSR count). The first kappa shape index (κ1) is 17.0. The molecule has 0 bridgehead atoms. The molecule has 0 aromatic carbocycles. The molecular weight excluding hydrogens is 232 g/mol. The molecule has 2 unspecified atom stereocenters. The summed E-state index contributed by atoms with van der Waals surface area (Å²) in [6.45, 7) is 17.8. The van der Waals surface area contributed by atoms with Crippen LogP contribution in [0.5, 0.6) is 0 Å². The second-order valence-corrected chi connectivity index (χ2v) is 6.96. The van der Waals surface area contributed by atoms with Gasteiger partial charge in [-0.1, -0.05) is 48.0 Å². The van der Waals surface area contributed by atoms with Crippen molar-refractivity contribution < 1.29 is 0 Å². The molecular formula is C17H36N2. The fraction of sp³-hybridized carbons (Fsp3) is 1.00. The zero-order valence-electron chi connectivity index (χ0n) is 14.1. The Morgan fingerprint density at radius 3 is 2.26 bits per heavy atom. The van der Waals surface area contributed by atoms with Crippen LogP contribution >= 0.6 is 0 Å². The maximum absolute atomic E-state index is 3.80. The van der Waals surface area contributed by atoms with Gasteiger partial charge < -0.3 is 5.32 Å². The third-order valence-electron chi connectivity index (χ3n) is 5.22. The van der Waals surface area contributed by atoms with Gasteiger partial charge in [0, 0.05) is 31.2 Å². The SMILES string of the molecule is CCCC(C)CN1CC(C(C)C)NCC1(CC)CC. The standard InChI is InChI=1S/C17H36N2/c1-7-10-15(6)11-19-12-16(14(4)5)18-13-17(19,8-2)9-3/h14-16,18H,7-13H2,1-6H3. The number of nitrogens with zero attached hydrogens (tertiary/aromatic N) is 1. The lowest BCUT2D eigenvalue weighted by Crippen LogP contribution is -2.65. The molecule has 2 nitrogen and oxygen atoms in total. The quantitative estimate of drug-likeness (QED) is 0.753. The first-order valence-corrected chi connectivity index (χ1v) is 8.47. The van der Waals surface area contributed by atoms with E-state index >= 15 is 0 Å². The van der Waals surface area contributed by atoms with E-state index in [4.69, 9.17) is 0 Å². The van der Waals surface area contributed by atoms with Gasteiger partial charge in [-0.05, 0) is 31.1 Å². The predicted octanol–water partition coefficient (Wildman–Crippen LogP) is 3.91. The number of hydrogen-bond acceptors (Lipinski definition) is 2. The van der Waals surface area contributed by atoms with Crippen LogP contribution in [0.4, 0.5) is 0 Å². The second-order valence-electron chi connectivity index (χ2n) is 6.96. The molecule has 1 N–H and O–H groups in total. The van der Waals surface area contributed by atoms with Gasteiger partial charge in [-0.3, -0.25) is 4.90 Å². The Balaban J connectivity index is 2.76. The highest BCUT2D eigenvalue weighted by atomic mass is 15.3. The second kappa shape index (κ2) is 7.64. The molecule has 0 aromatic rings. The Bertz CT molecular complexity index is 246. The van der Waals surface area contributed by atoms with Gasteiger partial charge in [0.15, 0.2) is 0 Å². The molecule has 2 heteroatoms. The lowest BCUT2D eigenvalue weighted by atomic mass is 9.84. The summed E-state index contributed by atoms with van der Waals surface area (Å²) in [7, 11) is 0. The van der Waals surface area contributed by atoms with Crippen molar-refractivity contribution in [3.63, 3.8) is 0 Å². The van der Waals surface area contributed by atoms with E-state index in [1.165, 1.54) is 45.3 Å². The number of piperazine rings is 1. The molecule has 19 heavy (non-hydrogen) atoms. The highest BCUT2D eigenvalue weighted by molar-refractivity contribution is 4.98. The van der Waals surface area contributed by atoms with Crippen molar-refractivity contribution in [2.45, 2.75) is 78.8 Å². The Morgan fingerprint density at radius 1 is 1.16 bits per heavy atom. The zero-order chi connectivity index (χ0) is 14.5. The van der Waals surface area contributed by atoms with Gasteiger partial charge >= 0.3 is 0 Å². The number of rotatable bonds is 7. The molecule has 0 spiro atoms. The van der Waals surface area contributed by atoms with Gasteiger partial charge in [-0.2, -0.15) is 0 Å². The Hall–Kier alpha value is -0.0800. The average molecular weight is 268 g/mol. The molecule has 2 atom stereocenters. The first-order chi connectivity index (χ1) is 8.99. The number of nitrogens with one attached hydrogen (secondary N) is 1. The van der Waals surface area contributed by atoms with E-state index in [1.54, 1.807) is 0 Å². The van der Waals surface area contributed by atoms with Crippen LogP contribution in [0.3, 0.4) is 0 Å². The lowest BCUT2D eigenvalue weighted by Gasteiger charge is -2.51. The van der Waals surface area contributed by atoms with E-state index in [0.717, 1.165) is 11.8 Å². The molecule has 0 amide bonds. The van der Waals surface area contributed by atoms with E-state index in [9.17, 15) is 0 Å². The largest absolute Gasteiger partial charge is 0.311 e. The monoisotopic (exact) mass is 268 g/mol. The van der Waals surface area contributed by atoms with Crippen LogP contribution < -0.4 is 5.32 Å². The first-order valence-electron chi connectivity index (χ1n) is 8.47. The van der Waals surface area contributed by atoms with E-state index < -0.39 is 0 Å². The normalized spacial score (nSPS) is 25.7. The van der Waals surface area contributed by atoms with Crippen LogP contribution in [-0.4, -0.2) is 36.1 Å². The fourth-order valence-electron chi connectivity index (χ4n) is 3.55. The summed E-state index contributed by atoms with van der Waals surface area (Å²) in [4.78, 5) is 2.81. The van der Waals surface area contributed by atoms with E-state index in [-0.39, 0.29) is 0 Å². The van der Waals surface area contributed by atoms with Crippen molar-refractivity contribution in [3.8, 4) is 0 Å². The number of hydrogen-bond donors (Lipinski definition) is 1. The van der Waals surface area contributed by atoms with Crippen LogP contribution in [0.15, 0.2) is 0 Å². The van der Waals surface area contributed by atoms with Gasteiger partial charge in [0.1, 0.15) is 0 Å². The van der Waals surface area contributed by atoms with Crippen LogP contribution in [0.2, 0.25) is 0 Å². The molecule has 1 fully saturated rings. The van der Waals surface area contributed by atoms with Crippen molar-refractivity contribution in [1.82, 2.24) is 10.2 Å². The molecule has 1 aliphatic heterocycles. The summed E-state index contributed by atoms with van der Waals surface area (Å²) in [5.41, 5.74) is 0.396. The van der Waals surface area contributed by atoms with Crippen LogP contribution in [0.25, 0.3) is 0 Å².